The Hall–Kier alpha value is -0.260. The van der Waals surface area contributed by atoms with Crippen molar-refractivity contribution in [1.29, 1.82) is 0 Å². The summed E-state index contributed by atoms with van der Waals surface area (Å²) >= 11 is 0. The molecule has 3 aliphatic rings. The lowest BCUT2D eigenvalue weighted by Crippen LogP contribution is -2.33. The van der Waals surface area contributed by atoms with Crippen LogP contribution >= 0.6 is 0 Å². The molecule has 2 fully saturated rings. The van der Waals surface area contributed by atoms with E-state index in [2.05, 4.69) is 12.2 Å². The first-order chi connectivity index (χ1) is 9.45. The molecule has 3 aliphatic carbocycles. The van der Waals surface area contributed by atoms with Crippen molar-refractivity contribution in [1.82, 2.24) is 0 Å². The van der Waals surface area contributed by atoms with Crippen molar-refractivity contribution in [2.24, 2.45) is 23.7 Å². The molecule has 0 saturated heterocycles. The third-order valence-corrected chi connectivity index (χ3v) is 6.17. The molecule has 0 bridgehead atoms. The van der Waals surface area contributed by atoms with Gasteiger partial charge >= 0.3 is 0 Å². The van der Waals surface area contributed by atoms with Gasteiger partial charge in [0.2, 0.25) is 0 Å². The van der Waals surface area contributed by atoms with Crippen LogP contribution in [0.2, 0.25) is 0 Å². The highest BCUT2D eigenvalue weighted by atomic mass is 14.4. The SMILES string of the molecule is C1=CC(C(C2CCCCC2)C2CCCCC2)CCC1. The van der Waals surface area contributed by atoms with Crippen molar-refractivity contribution in [2.45, 2.75) is 83.5 Å². The Kier molecular flexibility index (Phi) is 5.02. The van der Waals surface area contributed by atoms with Crippen LogP contribution < -0.4 is 0 Å². The van der Waals surface area contributed by atoms with E-state index in [9.17, 15) is 0 Å². The van der Waals surface area contributed by atoms with E-state index < -0.39 is 0 Å². The zero-order valence-electron chi connectivity index (χ0n) is 12.7. The minimum Gasteiger partial charge on any atom is -0.0882 e. The van der Waals surface area contributed by atoms with Crippen LogP contribution in [0.3, 0.4) is 0 Å². The lowest BCUT2D eigenvalue weighted by atomic mass is 9.63. The largest absolute Gasteiger partial charge is 0.0882 e. The molecule has 0 aromatic rings. The van der Waals surface area contributed by atoms with E-state index in [1.54, 1.807) is 25.7 Å². The van der Waals surface area contributed by atoms with E-state index in [4.69, 9.17) is 0 Å². The number of rotatable bonds is 3. The zero-order chi connectivity index (χ0) is 12.9. The van der Waals surface area contributed by atoms with E-state index in [-0.39, 0.29) is 0 Å². The summed E-state index contributed by atoms with van der Waals surface area (Å²) in [6.45, 7) is 0. The monoisotopic (exact) mass is 260 g/mol. The number of hydrogen-bond acceptors (Lipinski definition) is 0. The van der Waals surface area contributed by atoms with Gasteiger partial charge in [0.15, 0.2) is 0 Å². The Bertz CT molecular complexity index is 260. The minimum absolute atomic E-state index is 0.944. The molecule has 0 aliphatic heterocycles. The van der Waals surface area contributed by atoms with Crippen LogP contribution in [-0.4, -0.2) is 0 Å². The lowest BCUT2D eigenvalue weighted by molar-refractivity contribution is 0.0992. The zero-order valence-corrected chi connectivity index (χ0v) is 12.7. The molecule has 0 radical (unpaired) electrons. The maximum atomic E-state index is 2.62. The molecule has 0 N–H and O–H groups in total. The third-order valence-electron chi connectivity index (χ3n) is 6.17. The predicted molar refractivity (Wildman–Crippen MR) is 83.1 cm³/mol. The molecule has 108 valence electrons. The first-order valence-electron chi connectivity index (χ1n) is 9.12. The molecule has 0 aromatic carbocycles. The fourth-order valence-electron chi connectivity index (χ4n) is 5.28. The van der Waals surface area contributed by atoms with Crippen LogP contribution in [0.5, 0.6) is 0 Å². The average molecular weight is 260 g/mol. The summed E-state index contributed by atoms with van der Waals surface area (Å²) in [6.07, 6.45) is 24.7. The molecule has 0 heterocycles. The summed E-state index contributed by atoms with van der Waals surface area (Å²) < 4.78 is 0. The van der Waals surface area contributed by atoms with Gasteiger partial charge in [-0.2, -0.15) is 0 Å². The summed E-state index contributed by atoms with van der Waals surface area (Å²) in [5.74, 6) is 4.14. The number of allylic oxidation sites excluding steroid dienone is 2. The summed E-state index contributed by atoms with van der Waals surface area (Å²) in [5.41, 5.74) is 0. The van der Waals surface area contributed by atoms with Crippen LogP contribution in [0.1, 0.15) is 83.5 Å². The molecule has 0 spiro atoms. The van der Waals surface area contributed by atoms with Gasteiger partial charge in [-0.25, -0.2) is 0 Å². The third kappa shape index (κ3) is 3.44. The van der Waals surface area contributed by atoms with Crippen LogP contribution in [0.25, 0.3) is 0 Å². The Morgan fingerprint density at radius 1 is 0.632 bits per heavy atom. The molecule has 1 atom stereocenters. The molecule has 1 unspecified atom stereocenters. The second kappa shape index (κ2) is 6.95. The van der Waals surface area contributed by atoms with Crippen LogP contribution in [0.4, 0.5) is 0 Å². The fraction of sp³-hybridized carbons (Fsp3) is 0.895. The summed E-state index contributed by atoms with van der Waals surface area (Å²) in [4.78, 5) is 0. The van der Waals surface area contributed by atoms with E-state index in [1.165, 1.54) is 57.8 Å². The normalized spacial score (nSPS) is 30.9. The van der Waals surface area contributed by atoms with Crippen molar-refractivity contribution >= 4 is 0 Å². The van der Waals surface area contributed by atoms with Crippen molar-refractivity contribution in [3.8, 4) is 0 Å². The van der Waals surface area contributed by atoms with Gasteiger partial charge in [-0.3, -0.25) is 0 Å². The molecule has 0 amide bonds. The van der Waals surface area contributed by atoms with Gasteiger partial charge in [-0.05, 0) is 42.9 Å². The molecule has 0 heteroatoms. The lowest BCUT2D eigenvalue weighted by Gasteiger charge is -2.42. The second-order valence-corrected chi connectivity index (χ2v) is 7.40. The molecular weight excluding hydrogens is 228 g/mol. The highest BCUT2D eigenvalue weighted by Gasteiger charge is 2.35. The second-order valence-electron chi connectivity index (χ2n) is 7.40. The highest BCUT2D eigenvalue weighted by Crippen LogP contribution is 2.46. The Balaban J connectivity index is 1.72. The Morgan fingerprint density at radius 3 is 1.68 bits per heavy atom. The quantitative estimate of drug-likeness (QED) is 0.536. The van der Waals surface area contributed by atoms with E-state index in [1.807, 2.05) is 0 Å². The molecule has 0 nitrogen and oxygen atoms in total. The topological polar surface area (TPSA) is 0 Å². The Labute approximate surface area is 120 Å². The summed E-state index contributed by atoms with van der Waals surface area (Å²) in [5, 5.41) is 0. The van der Waals surface area contributed by atoms with E-state index in [0.717, 1.165) is 23.7 Å². The van der Waals surface area contributed by atoms with Crippen molar-refractivity contribution < 1.29 is 0 Å². The van der Waals surface area contributed by atoms with Gasteiger partial charge in [-0.15, -0.1) is 0 Å². The standard InChI is InChI=1S/C19H32/c1-4-10-16(11-5-1)19(17-12-6-2-7-13-17)18-14-8-3-9-15-18/h4,10,16-19H,1-3,5-9,11-15H2. The highest BCUT2D eigenvalue weighted by molar-refractivity contribution is 4.99. The summed E-state index contributed by atoms with van der Waals surface area (Å²) in [6, 6.07) is 0. The van der Waals surface area contributed by atoms with Crippen molar-refractivity contribution in [2.75, 3.05) is 0 Å². The first-order valence-corrected chi connectivity index (χ1v) is 9.12. The molecular formula is C19H32. The first kappa shape index (κ1) is 13.7. The van der Waals surface area contributed by atoms with Crippen molar-refractivity contribution in [3.63, 3.8) is 0 Å². The molecule has 2 saturated carbocycles. The van der Waals surface area contributed by atoms with Crippen LogP contribution in [0, 0.1) is 23.7 Å². The maximum Gasteiger partial charge on any atom is -0.0200 e. The van der Waals surface area contributed by atoms with Crippen LogP contribution in [-0.2, 0) is 0 Å². The summed E-state index contributed by atoms with van der Waals surface area (Å²) in [7, 11) is 0. The van der Waals surface area contributed by atoms with Gasteiger partial charge in [-0.1, -0.05) is 76.4 Å². The number of hydrogen-bond donors (Lipinski definition) is 0. The smallest absolute Gasteiger partial charge is 0.0200 e. The molecule has 0 aromatic heterocycles. The van der Waals surface area contributed by atoms with Crippen LogP contribution in [0.15, 0.2) is 12.2 Å². The van der Waals surface area contributed by atoms with Crippen molar-refractivity contribution in [3.05, 3.63) is 12.2 Å². The van der Waals surface area contributed by atoms with Gasteiger partial charge in [0.25, 0.3) is 0 Å². The van der Waals surface area contributed by atoms with E-state index >= 15 is 0 Å². The predicted octanol–water partition coefficient (Wildman–Crippen LogP) is 6.12. The van der Waals surface area contributed by atoms with Gasteiger partial charge < -0.3 is 0 Å². The van der Waals surface area contributed by atoms with Gasteiger partial charge in [0.05, 0.1) is 0 Å². The molecule has 19 heavy (non-hydrogen) atoms. The minimum atomic E-state index is 0.944. The van der Waals surface area contributed by atoms with E-state index in [0.29, 0.717) is 0 Å². The van der Waals surface area contributed by atoms with Gasteiger partial charge in [0.1, 0.15) is 0 Å². The average Bonchev–Trinajstić information content (AvgIpc) is 2.51. The van der Waals surface area contributed by atoms with Gasteiger partial charge in [0, 0.05) is 0 Å². The fourth-order valence-corrected chi connectivity index (χ4v) is 5.28. The Morgan fingerprint density at radius 2 is 1.21 bits per heavy atom. The molecule has 3 rings (SSSR count). The maximum absolute atomic E-state index is 2.62.